The molecule has 1 fully saturated rings. The zero-order chi connectivity index (χ0) is 23.5. The van der Waals surface area contributed by atoms with Crippen LogP contribution in [0.25, 0.3) is 11.3 Å². The molecule has 2 aromatic carbocycles. The van der Waals surface area contributed by atoms with Crippen LogP contribution < -0.4 is 15.5 Å². The van der Waals surface area contributed by atoms with Crippen LogP contribution in [0.2, 0.25) is 10.0 Å². The van der Waals surface area contributed by atoms with E-state index in [1.54, 1.807) is 12.1 Å². The predicted molar refractivity (Wildman–Crippen MR) is 137 cm³/mol. The third kappa shape index (κ3) is 5.22. The molecule has 0 radical (unpaired) electrons. The number of nitrogens with one attached hydrogen (secondary N) is 3. The van der Waals surface area contributed by atoms with Gasteiger partial charge >= 0.3 is 0 Å². The first-order valence-electron chi connectivity index (χ1n) is 10.8. The van der Waals surface area contributed by atoms with Crippen LogP contribution in [0.5, 0.6) is 0 Å². The Hall–Kier alpha value is -3.40. The van der Waals surface area contributed by atoms with Crippen LogP contribution in [-0.4, -0.2) is 63.3 Å². The van der Waals surface area contributed by atoms with Gasteiger partial charge in [0.25, 0.3) is 0 Å². The van der Waals surface area contributed by atoms with E-state index in [2.05, 4.69) is 52.6 Å². The van der Waals surface area contributed by atoms with Gasteiger partial charge in [-0.2, -0.15) is 20.1 Å². The standard InChI is InChI=1S/C23H23Cl2N9/c1-33-9-11-34(12-10-33)23-29-21(26-16-5-3-2-4-6-16)28-22(30-23)27-20-14-19(31-32-20)15-7-8-17(24)18(25)13-15/h2-8,13-14H,9-12H2,1H3,(H3,26,27,28,29,30,31,32). The van der Waals surface area contributed by atoms with Crippen molar-refractivity contribution in [3.8, 4) is 11.3 Å². The summed E-state index contributed by atoms with van der Waals surface area (Å²) in [5, 5.41) is 14.8. The maximum atomic E-state index is 6.16. The van der Waals surface area contributed by atoms with Gasteiger partial charge in [0.2, 0.25) is 17.8 Å². The molecular formula is C23H23Cl2N9. The van der Waals surface area contributed by atoms with Crippen LogP contribution in [0, 0.1) is 0 Å². The predicted octanol–water partition coefficient (Wildman–Crippen LogP) is 4.81. The van der Waals surface area contributed by atoms with E-state index in [9.17, 15) is 0 Å². The highest BCUT2D eigenvalue weighted by Gasteiger charge is 2.19. The number of aromatic nitrogens is 5. The van der Waals surface area contributed by atoms with Crippen molar-refractivity contribution >= 4 is 52.6 Å². The van der Waals surface area contributed by atoms with Crippen LogP contribution in [-0.2, 0) is 0 Å². The number of nitrogens with zero attached hydrogens (tertiary/aromatic N) is 6. The minimum atomic E-state index is 0.398. The van der Waals surface area contributed by atoms with Gasteiger partial charge in [0.15, 0.2) is 5.82 Å². The molecule has 9 nitrogen and oxygen atoms in total. The van der Waals surface area contributed by atoms with Gasteiger partial charge < -0.3 is 20.4 Å². The van der Waals surface area contributed by atoms with Gasteiger partial charge in [-0.25, -0.2) is 0 Å². The van der Waals surface area contributed by atoms with Gasteiger partial charge in [-0.05, 0) is 31.3 Å². The van der Waals surface area contributed by atoms with E-state index in [0.29, 0.717) is 33.7 Å². The van der Waals surface area contributed by atoms with E-state index in [1.165, 1.54) is 0 Å². The molecule has 0 unspecified atom stereocenters. The van der Waals surface area contributed by atoms with E-state index in [-0.39, 0.29) is 0 Å². The Labute approximate surface area is 207 Å². The maximum absolute atomic E-state index is 6.16. The lowest BCUT2D eigenvalue weighted by Crippen LogP contribution is -2.45. The maximum Gasteiger partial charge on any atom is 0.235 e. The molecule has 3 N–H and O–H groups in total. The zero-order valence-corrected chi connectivity index (χ0v) is 20.0. The van der Waals surface area contributed by atoms with Crippen LogP contribution in [0.3, 0.4) is 0 Å². The molecular weight excluding hydrogens is 473 g/mol. The fraction of sp³-hybridized carbons (Fsp3) is 0.217. The molecule has 0 saturated carbocycles. The summed E-state index contributed by atoms with van der Waals surface area (Å²) in [7, 11) is 2.11. The highest BCUT2D eigenvalue weighted by atomic mass is 35.5. The second-order valence-corrected chi connectivity index (χ2v) is 8.80. The molecule has 11 heteroatoms. The Bertz CT molecular complexity index is 1270. The third-order valence-electron chi connectivity index (χ3n) is 5.49. The summed E-state index contributed by atoms with van der Waals surface area (Å²) in [6, 6.07) is 17.1. The fourth-order valence-electron chi connectivity index (χ4n) is 3.59. The average Bonchev–Trinajstić information content (AvgIpc) is 3.30. The smallest absolute Gasteiger partial charge is 0.235 e. The molecule has 4 aromatic rings. The fourth-order valence-corrected chi connectivity index (χ4v) is 3.88. The number of halogens is 2. The van der Waals surface area contributed by atoms with Crippen LogP contribution in [0.4, 0.5) is 29.4 Å². The van der Waals surface area contributed by atoms with Crippen LogP contribution in [0.15, 0.2) is 54.6 Å². The number of hydrogen-bond donors (Lipinski definition) is 3. The van der Waals surface area contributed by atoms with E-state index < -0.39 is 0 Å². The van der Waals surface area contributed by atoms with Gasteiger partial charge in [-0.1, -0.05) is 47.5 Å². The van der Waals surface area contributed by atoms with Gasteiger partial charge in [-0.3, -0.25) is 5.10 Å². The third-order valence-corrected chi connectivity index (χ3v) is 6.23. The lowest BCUT2D eigenvalue weighted by atomic mass is 10.1. The Morgan fingerprint density at radius 2 is 1.56 bits per heavy atom. The molecule has 0 bridgehead atoms. The molecule has 3 heterocycles. The molecule has 1 saturated heterocycles. The molecule has 0 spiro atoms. The van der Waals surface area contributed by atoms with E-state index >= 15 is 0 Å². The second kappa shape index (κ2) is 9.84. The number of piperazine rings is 1. The summed E-state index contributed by atoms with van der Waals surface area (Å²) in [6.45, 7) is 3.58. The topological polar surface area (TPSA) is 97.9 Å². The Kier molecular flexibility index (Phi) is 6.48. The molecule has 1 aliphatic rings. The van der Waals surface area contributed by atoms with E-state index in [1.807, 2.05) is 42.5 Å². The molecule has 1 aliphatic heterocycles. The largest absolute Gasteiger partial charge is 0.338 e. The minimum Gasteiger partial charge on any atom is -0.338 e. The molecule has 174 valence electrons. The first kappa shape index (κ1) is 22.4. The summed E-state index contributed by atoms with van der Waals surface area (Å²) in [5.74, 6) is 2.04. The lowest BCUT2D eigenvalue weighted by Gasteiger charge is -2.32. The van der Waals surface area contributed by atoms with Gasteiger partial charge in [0.05, 0.1) is 15.7 Å². The quantitative estimate of drug-likeness (QED) is 0.350. The van der Waals surface area contributed by atoms with Crippen molar-refractivity contribution in [3.63, 3.8) is 0 Å². The first-order valence-corrected chi connectivity index (χ1v) is 11.6. The van der Waals surface area contributed by atoms with E-state index in [0.717, 1.165) is 43.1 Å². The van der Waals surface area contributed by atoms with E-state index in [4.69, 9.17) is 23.2 Å². The molecule has 34 heavy (non-hydrogen) atoms. The number of rotatable bonds is 6. The summed E-state index contributed by atoms with van der Waals surface area (Å²) in [4.78, 5) is 18.4. The number of aromatic amines is 1. The molecule has 0 aliphatic carbocycles. The Morgan fingerprint density at radius 1 is 0.824 bits per heavy atom. The number of anilines is 5. The number of likely N-dealkylation sites (N-methyl/N-ethyl adjacent to an activating group) is 1. The first-order chi connectivity index (χ1) is 16.5. The van der Waals surface area contributed by atoms with Crippen molar-refractivity contribution < 1.29 is 0 Å². The van der Waals surface area contributed by atoms with Crippen molar-refractivity contribution in [3.05, 3.63) is 64.6 Å². The number of benzene rings is 2. The van der Waals surface area contributed by atoms with Crippen molar-refractivity contribution in [2.24, 2.45) is 0 Å². The number of H-pyrrole nitrogens is 1. The van der Waals surface area contributed by atoms with Crippen molar-refractivity contribution in [2.45, 2.75) is 0 Å². The molecule has 2 aromatic heterocycles. The Balaban J connectivity index is 1.42. The van der Waals surface area contributed by atoms with Crippen molar-refractivity contribution in [1.82, 2.24) is 30.0 Å². The van der Waals surface area contributed by atoms with Crippen LogP contribution >= 0.6 is 23.2 Å². The molecule has 5 rings (SSSR count). The zero-order valence-electron chi connectivity index (χ0n) is 18.5. The molecule has 0 atom stereocenters. The highest BCUT2D eigenvalue weighted by molar-refractivity contribution is 6.42. The van der Waals surface area contributed by atoms with Gasteiger partial charge in [0, 0.05) is 43.5 Å². The number of para-hydroxylation sites is 1. The summed E-state index contributed by atoms with van der Waals surface area (Å²) in [6.07, 6.45) is 0. The summed E-state index contributed by atoms with van der Waals surface area (Å²) in [5.41, 5.74) is 2.55. The normalized spacial score (nSPS) is 14.3. The second-order valence-electron chi connectivity index (χ2n) is 7.98. The van der Waals surface area contributed by atoms with Crippen molar-refractivity contribution in [1.29, 1.82) is 0 Å². The van der Waals surface area contributed by atoms with Crippen LogP contribution in [0.1, 0.15) is 0 Å². The van der Waals surface area contributed by atoms with Gasteiger partial charge in [-0.15, -0.1) is 0 Å². The lowest BCUT2D eigenvalue weighted by molar-refractivity contribution is 0.311. The average molecular weight is 496 g/mol. The summed E-state index contributed by atoms with van der Waals surface area (Å²) < 4.78 is 0. The monoisotopic (exact) mass is 495 g/mol. The van der Waals surface area contributed by atoms with Crippen molar-refractivity contribution in [2.75, 3.05) is 48.8 Å². The van der Waals surface area contributed by atoms with Gasteiger partial charge in [0.1, 0.15) is 0 Å². The minimum absolute atomic E-state index is 0.398. The Morgan fingerprint density at radius 3 is 2.29 bits per heavy atom. The highest BCUT2D eigenvalue weighted by Crippen LogP contribution is 2.29. The summed E-state index contributed by atoms with van der Waals surface area (Å²) >= 11 is 12.2. The molecule has 0 amide bonds. The number of hydrogen-bond acceptors (Lipinski definition) is 8. The SMILES string of the molecule is CN1CCN(c2nc(Nc3ccccc3)nc(Nc3cc(-c4ccc(Cl)c(Cl)c4)[nH]n3)n2)CC1.